The molecule has 1 heterocycles. The second-order valence-corrected chi connectivity index (χ2v) is 7.44. The molecule has 0 radical (unpaired) electrons. The van der Waals surface area contributed by atoms with Crippen molar-refractivity contribution >= 4 is 17.6 Å². The average molecular weight is 378 g/mol. The third-order valence-electron chi connectivity index (χ3n) is 5.04. The van der Waals surface area contributed by atoms with Crippen molar-refractivity contribution in [2.75, 3.05) is 44.7 Å². The number of amides is 1. The lowest BCUT2D eigenvalue weighted by Crippen LogP contribution is -3.14. The number of carboxylic acid groups (broad SMARTS) is 1. The van der Waals surface area contributed by atoms with Crippen molar-refractivity contribution in [3.8, 4) is 0 Å². The van der Waals surface area contributed by atoms with Gasteiger partial charge in [0.1, 0.15) is 19.1 Å². The summed E-state index contributed by atoms with van der Waals surface area (Å²) in [5.41, 5.74) is 3.84. The standard InChI is InChI=1S/C20H31N3O4/c1-14-11-15(2)19(16(3)12-14)22-18(24)13-17(20(25)26)21-5-4-6-23-7-9-27-10-8-23/h11-12,17,21H,4-10,13H2,1-3H3,(H,22,24)(H,25,26)/p+1/t17-/m0/s1. The number of carbonyl (C=O) groups excluding carboxylic acids is 2. The first kappa shape index (κ1) is 21.3. The molecule has 2 rings (SSSR count). The third-order valence-corrected chi connectivity index (χ3v) is 5.04. The van der Waals surface area contributed by atoms with Crippen LogP contribution in [0.4, 0.5) is 5.69 Å². The zero-order valence-electron chi connectivity index (χ0n) is 16.6. The number of rotatable bonds is 9. The summed E-state index contributed by atoms with van der Waals surface area (Å²) in [4.78, 5) is 25.3. The van der Waals surface area contributed by atoms with Crippen LogP contribution in [-0.4, -0.2) is 57.3 Å². The number of carboxylic acids is 1. The Morgan fingerprint density at radius 1 is 1.22 bits per heavy atom. The molecule has 7 heteroatoms. The van der Waals surface area contributed by atoms with E-state index in [1.807, 2.05) is 32.9 Å². The van der Waals surface area contributed by atoms with E-state index in [1.54, 1.807) is 5.32 Å². The second kappa shape index (κ2) is 10.4. The van der Waals surface area contributed by atoms with Crippen molar-refractivity contribution in [2.45, 2.75) is 39.7 Å². The molecule has 1 aliphatic heterocycles. The summed E-state index contributed by atoms with van der Waals surface area (Å²) in [6.45, 7) is 11.1. The molecule has 1 aromatic rings. The molecule has 1 aromatic carbocycles. The first-order chi connectivity index (χ1) is 12.9. The Bertz CT molecular complexity index is 634. The number of nitrogens with two attached hydrogens (primary N) is 1. The van der Waals surface area contributed by atoms with Gasteiger partial charge in [-0.05, 0) is 31.9 Å². The van der Waals surface area contributed by atoms with Crippen LogP contribution in [0.25, 0.3) is 0 Å². The van der Waals surface area contributed by atoms with Crippen molar-refractivity contribution in [2.24, 2.45) is 0 Å². The summed E-state index contributed by atoms with van der Waals surface area (Å²) >= 11 is 0. The highest BCUT2D eigenvalue weighted by molar-refractivity contribution is 5.94. The lowest BCUT2D eigenvalue weighted by molar-refractivity contribution is -0.909. The van der Waals surface area contributed by atoms with E-state index in [1.165, 1.54) is 4.90 Å². The van der Waals surface area contributed by atoms with Gasteiger partial charge < -0.3 is 30.2 Å². The molecule has 1 saturated heterocycles. The molecular formula is C20H32N3O4+. The first-order valence-electron chi connectivity index (χ1n) is 9.70. The van der Waals surface area contributed by atoms with Gasteiger partial charge in [-0.25, -0.2) is 0 Å². The van der Waals surface area contributed by atoms with Crippen LogP contribution in [-0.2, 0) is 14.3 Å². The number of ether oxygens (including phenoxy) is 1. The number of hydrogen-bond donors (Lipinski definition) is 3. The topological polar surface area (TPSA) is 99.5 Å². The van der Waals surface area contributed by atoms with E-state index in [0.717, 1.165) is 61.6 Å². The number of morpholine rings is 1. The molecule has 1 atom stereocenters. The summed E-state index contributed by atoms with van der Waals surface area (Å²) < 4.78 is 5.33. The Labute approximate surface area is 161 Å². The SMILES string of the molecule is Cc1cc(C)c(NC(=O)C[C@H]([NH2+]CCC[NH+]2CCOCC2)C(=O)[O-])c(C)c1. The van der Waals surface area contributed by atoms with E-state index in [-0.39, 0.29) is 12.3 Å². The second-order valence-electron chi connectivity index (χ2n) is 7.44. The Morgan fingerprint density at radius 3 is 2.44 bits per heavy atom. The van der Waals surface area contributed by atoms with Gasteiger partial charge >= 0.3 is 0 Å². The van der Waals surface area contributed by atoms with E-state index in [0.29, 0.717) is 6.54 Å². The van der Waals surface area contributed by atoms with Crippen LogP contribution in [0.1, 0.15) is 29.5 Å². The van der Waals surface area contributed by atoms with Gasteiger partial charge in [0.05, 0.1) is 38.7 Å². The third kappa shape index (κ3) is 6.93. The monoisotopic (exact) mass is 378 g/mol. The smallest absolute Gasteiger partial charge is 0.230 e. The molecule has 1 amide bonds. The number of aliphatic carboxylic acids is 1. The molecule has 0 saturated carbocycles. The highest BCUT2D eigenvalue weighted by Crippen LogP contribution is 2.22. The number of benzene rings is 1. The predicted octanol–water partition coefficient (Wildman–Crippen LogP) is -2.07. The van der Waals surface area contributed by atoms with Crippen molar-refractivity contribution in [3.05, 3.63) is 28.8 Å². The average Bonchev–Trinajstić information content (AvgIpc) is 2.61. The Kier molecular flexibility index (Phi) is 8.22. The van der Waals surface area contributed by atoms with E-state index in [2.05, 4.69) is 5.32 Å². The zero-order chi connectivity index (χ0) is 19.8. The van der Waals surface area contributed by atoms with Crippen LogP contribution < -0.4 is 20.6 Å². The quantitative estimate of drug-likeness (QED) is 0.430. The largest absolute Gasteiger partial charge is 0.544 e. The zero-order valence-corrected chi connectivity index (χ0v) is 16.6. The van der Waals surface area contributed by atoms with Crippen molar-refractivity contribution in [3.63, 3.8) is 0 Å². The summed E-state index contributed by atoms with van der Waals surface area (Å²) in [5, 5.41) is 16.0. The number of aryl methyl sites for hydroxylation is 3. The molecule has 0 unspecified atom stereocenters. The van der Waals surface area contributed by atoms with Crippen LogP contribution in [0.3, 0.4) is 0 Å². The molecule has 0 spiro atoms. The summed E-state index contributed by atoms with van der Waals surface area (Å²) in [6, 6.07) is 3.13. The maximum atomic E-state index is 12.4. The van der Waals surface area contributed by atoms with Crippen LogP contribution in [0.15, 0.2) is 12.1 Å². The Hall–Kier alpha value is -1.96. The van der Waals surface area contributed by atoms with Crippen molar-refractivity contribution in [1.82, 2.24) is 0 Å². The number of nitrogens with one attached hydrogen (secondary N) is 2. The highest BCUT2D eigenvalue weighted by atomic mass is 16.5. The number of carbonyl (C=O) groups is 2. The van der Waals surface area contributed by atoms with Gasteiger partial charge in [0, 0.05) is 12.1 Å². The van der Waals surface area contributed by atoms with Crippen molar-refractivity contribution < 1.29 is 29.6 Å². The van der Waals surface area contributed by atoms with Crippen LogP contribution >= 0.6 is 0 Å². The molecular weight excluding hydrogens is 346 g/mol. The fourth-order valence-corrected chi connectivity index (χ4v) is 3.61. The minimum atomic E-state index is -1.19. The van der Waals surface area contributed by atoms with Crippen molar-refractivity contribution in [1.29, 1.82) is 0 Å². The molecule has 150 valence electrons. The summed E-state index contributed by atoms with van der Waals surface area (Å²) in [7, 11) is 0. The molecule has 0 aliphatic carbocycles. The van der Waals surface area contributed by atoms with Crippen LogP contribution in [0.5, 0.6) is 0 Å². The fraction of sp³-hybridized carbons (Fsp3) is 0.600. The minimum Gasteiger partial charge on any atom is -0.544 e. The van der Waals surface area contributed by atoms with Gasteiger partial charge in [0.25, 0.3) is 0 Å². The fourth-order valence-electron chi connectivity index (χ4n) is 3.61. The molecule has 4 N–H and O–H groups in total. The first-order valence-corrected chi connectivity index (χ1v) is 9.70. The molecule has 7 nitrogen and oxygen atoms in total. The maximum Gasteiger partial charge on any atom is 0.230 e. The predicted molar refractivity (Wildman–Crippen MR) is 100 cm³/mol. The molecule has 1 fully saturated rings. The number of hydrogen-bond acceptors (Lipinski definition) is 4. The van der Waals surface area contributed by atoms with E-state index in [4.69, 9.17) is 4.74 Å². The van der Waals surface area contributed by atoms with E-state index in [9.17, 15) is 14.7 Å². The van der Waals surface area contributed by atoms with E-state index >= 15 is 0 Å². The molecule has 0 aromatic heterocycles. The van der Waals surface area contributed by atoms with E-state index < -0.39 is 12.0 Å². The maximum absolute atomic E-state index is 12.4. The number of quaternary nitrogens is 2. The normalized spacial score (nSPS) is 16.1. The van der Waals surface area contributed by atoms with Gasteiger partial charge in [-0.3, -0.25) is 4.79 Å². The van der Waals surface area contributed by atoms with Gasteiger partial charge in [-0.2, -0.15) is 0 Å². The van der Waals surface area contributed by atoms with Crippen LogP contribution in [0, 0.1) is 20.8 Å². The lowest BCUT2D eigenvalue weighted by Gasteiger charge is -2.23. The molecule has 27 heavy (non-hydrogen) atoms. The van der Waals surface area contributed by atoms with Gasteiger partial charge in [-0.15, -0.1) is 0 Å². The lowest BCUT2D eigenvalue weighted by atomic mass is 10.0. The summed E-state index contributed by atoms with van der Waals surface area (Å²) in [6.07, 6.45) is 0.802. The molecule has 1 aliphatic rings. The Morgan fingerprint density at radius 2 is 1.85 bits per heavy atom. The van der Waals surface area contributed by atoms with Gasteiger partial charge in [0.2, 0.25) is 5.91 Å². The number of anilines is 1. The highest BCUT2D eigenvalue weighted by Gasteiger charge is 2.20. The summed E-state index contributed by atoms with van der Waals surface area (Å²) in [5.74, 6) is -1.49. The van der Waals surface area contributed by atoms with Gasteiger partial charge in [-0.1, -0.05) is 17.7 Å². The minimum absolute atomic E-state index is 0.0977. The van der Waals surface area contributed by atoms with Crippen LogP contribution in [0.2, 0.25) is 0 Å². The van der Waals surface area contributed by atoms with Gasteiger partial charge in [0.15, 0.2) is 0 Å². The molecule has 0 bridgehead atoms. The Balaban J connectivity index is 1.80.